The van der Waals surface area contributed by atoms with Gasteiger partial charge in [-0.25, -0.2) is 13.2 Å². The molecule has 0 bridgehead atoms. The topological polar surface area (TPSA) is 294 Å². The number of pyridine rings is 1. The molecule has 0 unspecified atom stereocenters. The molecule has 552 valence electrons. The third-order valence-electron chi connectivity index (χ3n) is 17.2. The van der Waals surface area contributed by atoms with Gasteiger partial charge in [0.2, 0.25) is 0 Å². The van der Waals surface area contributed by atoms with Gasteiger partial charge in [-0.1, -0.05) is 151 Å². The number of halogens is 3. The number of aliphatic hydroxyl groups excluding tert-OH is 6. The van der Waals surface area contributed by atoms with Crippen LogP contribution in [0.3, 0.4) is 0 Å². The molecule has 6 aromatic carbocycles. The Balaban J connectivity index is 0.000000221. The van der Waals surface area contributed by atoms with E-state index in [0.717, 1.165) is 72.6 Å². The molecular formula is C83H95F3N4O14. The zero-order chi connectivity index (χ0) is 76.1. The van der Waals surface area contributed by atoms with Gasteiger partial charge >= 0.3 is 17.9 Å². The van der Waals surface area contributed by atoms with E-state index >= 15 is 0 Å². The molecule has 21 heteroatoms. The number of hydrogen-bond acceptors (Lipinski definition) is 12. The second-order valence-corrected chi connectivity index (χ2v) is 26.9. The first-order valence-corrected chi connectivity index (χ1v) is 34.7. The van der Waals surface area contributed by atoms with E-state index in [1.54, 1.807) is 61.7 Å². The summed E-state index contributed by atoms with van der Waals surface area (Å²) in [6.45, 7) is 16.9. The lowest BCUT2D eigenvalue weighted by molar-refractivity contribution is -0.140. The minimum Gasteiger partial charge on any atom is -0.481 e. The van der Waals surface area contributed by atoms with Crippen molar-refractivity contribution in [2.24, 2.45) is 0 Å². The van der Waals surface area contributed by atoms with E-state index in [4.69, 9.17) is 25.0 Å². The molecule has 6 atom stereocenters. The molecule has 0 aliphatic carbocycles. The van der Waals surface area contributed by atoms with Crippen molar-refractivity contribution >= 4 is 52.6 Å². The van der Waals surface area contributed by atoms with Crippen molar-refractivity contribution in [1.29, 1.82) is 0 Å². The molecule has 9 rings (SSSR count). The highest BCUT2D eigenvalue weighted by atomic mass is 19.1. The molecule has 10 N–H and O–H groups in total. The third kappa shape index (κ3) is 22.3. The lowest BCUT2D eigenvalue weighted by Crippen LogP contribution is -2.22. The lowest BCUT2D eigenvalue weighted by Gasteiger charge is -2.23. The highest BCUT2D eigenvalue weighted by Crippen LogP contribution is 2.44. The summed E-state index contributed by atoms with van der Waals surface area (Å²) in [6, 6.07) is 45.4. The molecule has 0 aliphatic heterocycles. The van der Waals surface area contributed by atoms with Gasteiger partial charge < -0.3 is 65.1 Å². The van der Waals surface area contributed by atoms with E-state index in [2.05, 4.69) is 37.6 Å². The van der Waals surface area contributed by atoms with Gasteiger partial charge in [0.05, 0.1) is 79.4 Å². The maximum Gasteiger partial charge on any atom is 0.305 e. The Bertz CT molecular complexity index is 4360. The van der Waals surface area contributed by atoms with Gasteiger partial charge in [-0.3, -0.25) is 24.2 Å². The number of fused-ring (bicyclic) bond motifs is 1. The van der Waals surface area contributed by atoms with Crippen LogP contribution >= 0.6 is 0 Å². The van der Waals surface area contributed by atoms with E-state index in [1.807, 2.05) is 117 Å². The van der Waals surface area contributed by atoms with Crippen LogP contribution in [0.4, 0.5) is 18.9 Å². The molecule has 0 fully saturated rings. The molecule has 3 heterocycles. The number of anilines is 1. The number of ether oxygens (including phenoxy) is 1. The minimum absolute atomic E-state index is 0.0627. The Morgan fingerprint density at radius 2 is 0.962 bits per heavy atom. The molecule has 0 radical (unpaired) electrons. The van der Waals surface area contributed by atoms with Gasteiger partial charge in [0.15, 0.2) is 0 Å². The minimum atomic E-state index is -1.18. The second kappa shape index (κ2) is 38.6. The van der Waals surface area contributed by atoms with E-state index < -0.39 is 73.8 Å². The fraction of sp³-hybridized carbons (Fsp3) is 0.337. The normalized spacial score (nSPS) is 13.4. The first-order valence-electron chi connectivity index (χ1n) is 34.7. The summed E-state index contributed by atoms with van der Waals surface area (Å²) in [4.78, 5) is 51.5. The van der Waals surface area contributed by atoms with Crippen molar-refractivity contribution in [2.45, 2.75) is 174 Å². The zero-order valence-corrected chi connectivity index (χ0v) is 60.0. The number of methoxy groups -OCH3 is 1. The van der Waals surface area contributed by atoms with E-state index in [-0.39, 0.29) is 79.4 Å². The summed E-state index contributed by atoms with van der Waals surface area (Å²) in [6.07, 6.45) is -1.24. The number of aliphatic hydroxyl groups is 6. The van der Waals surface area contributed by atoms with Crippen molar-refractivity contribution < 1.29 is 83.0 Å². The Kier molecular flexibility index (Phi) is 30.2. The zero-order valence-electron chi connectivity index (χ0n) is 60.0. The Hall–Kier alpha value is -9.84. The number of aliphatic carboxylic acids is 3. The summed E-state index contributed by atoms with van der Waals surface area (Å²) < 4.78 is 50.8. The predicted molar refractivity (Wildman–Crippen MR) is 399 cm³/mol. The number of benzene rings is 6. The lowest BCUT2D eigenvalue weighted by atomic mass is 9.87. The molecular weight excluding hydrogens is 1330 g/mol. The van der Waals surface area contributed by atoms with Gasteiger partial charge in [0, 0.05) is 88.5 Å². The van der Waals surface area contributed by atoms with Crippen molar-refractivity contribution in [3.05, 3.63) is 227 Å². The first kappa shape index (κ1) is 81.5. The van der Waals surface area contributed by atoms with Crippen LogP contribution < -0.4 is 5.32 Å². The van der Waals surface area contributed by atoms with Crippen LogP contribution in [0, 0.1) is 17.5 Å². The molecule has 3 aromatic heterocycles. The van der Waals surface area contributed by atoms with Crippen molar-refractivity contribution in [2.75, 3.05) is 12.4 Å². The number of aromatic nitrogens is 3. The van der Waals surface area contributed by atoms with E-state index in [0.29, 0.717) is 34.7 Å². The van der Waals surface area contributed by atoms with Gasteiger partial charge in [-0.2, -0.15) is 0 Å². The quantitative estimate of drug-likeness (QED) is 0.0193. The largest absolute Gasteiger partial charge is 0.481 e. The molecule has 18 nitrogen and oxygen atoms in total. The van der Waals surface area contributed by atoms with Crippen LogP contribution in [0.2, 0.25) is 0 Å². The highest BCUT2D eigenvalue weighted by Gasteiger charge is 2.32. The van der Waals surface area contributed by atoms with E-state index in [9.17, 15) is 63.0 Å². The maximum atomic E-state index is 14.0. The van der Waals surface area contributed by atoms with Crippen LogP contribution in [0.15, 0.2) is 170 Å². The molecule has 1 amide bonds. The van der Waals surface area contributed by atoms with Gasteiger partial charge in [-0.05, 0) is 145 Å². The standard InChI is InChI=1S/C33H35FN2O5.C26H34FNO5.C24H26FNO4/c1-21(2)31-30(33(41)35-25-11-7-4-8-12-25)29(22-9-5-3-6-10-22)32(23-13-15-24(34)16-14-23)36(31)18-17-26(37)19-27(38)20-28(39)40;1-15(2)25-21(11-10-19(29)12-20(30)13-23(31)32)24(17-6-8-18(27)9-7-17)22(14-33-5)26(28-25)16(3)4;1-15(2)26-21-6-4-3-5-20(21)24(16-7-9-17(25)10-8-16)22(26)12-11-18(27)13-19(28)14-23(29)30/h3-16,21,26-27,37-38H,17-20H2,1-2H3,(H,35,41)(H,39,40);6-11,15-16,19-20,29-30H,12-14H2,1-5H3,(H,31,32);3-12,15,18-19,27-28H,13-14H2,1-2H3,(H,29,30)/b;11-10+;12-11+/t26-,27-;19-,20-;18-,19-/m111/s1. The smallest absolute Gasteiger partial charge is 0.305 e. The van der Waals surface area contributed by atoms with Gasteiger partial charge in [0.1, 0.15) is 17.5 Å². The molecule has 9 aromatic rings. The molecule has 0 saturated heterocycles. The molecule has 0 saturated carbocycles. The number of hydrogen-bond donors (Lipinski definition) is 10. The number of rotatable bonds is 31. The van der Waals surface area contributed by atoms with Gasteiger partial charge in [0.25, 0.3) is 5.91 Å². The van der Waals surface area contributed by atoms with Crippen LogP contribution in [0.1, 0.15) is 168 Å². The summed E-state index contributed by atoms with van der Waals surface area (Å²) in [5, 5.41) is 91.7. The number of nitrogens with zero attached hydrogens (tertiary/aromatic N) is 3. The van der Waals surface area contributed by atoms with Crippen LogP contribution in [-0.4, -0.2) is 128 Å². The number of carboxylic acid groups (broad SMARTS) is 3. The fourth-order valence-electron chi connectivity index (χ4n) is 12.8. The summed E-state index contributed by atoms with van der Waals surface area (Å²) in [5.74, 6) is -4.64. The van der Waals surface area contributed by atoms with Crippen molar-refractivity contribution in [1.82, 2.24) is 14.1 Å². The molecule has 0 spiro atoms. The Morgan fingerprint density at radius 1 is 0.510 bits per heavy atom. The summed E-state index contributed by atoms with van der Waals surface area (Å²) >= 11 is 0. The second-order valence-electron chi connectivity index (χ2n) is 26.9. The first-order chi connectivity index (χ1) is 49.5. The number of carboxylic acids is 3. The average Bonchev–Trinajstić information content (AvgIpc) is 1.53. The SMILES string of the molecule is CC(C)c1c(C(=O)Nc2ccccc2)c(-c2ccccc2)c(-c2ccc(F)cc2)n1CC[C@@H](O)C[C@@H](O)CC(=O)O.CC(C)n1c(/C=C/[C@@H](O)C[C@@H](O)CC(=O)O)c(-c2ccc(F)cc2)c2ccccc21.COCc1c(C(C)C)nc(C(C)C)c(/C=C/[C@@H](O)C[C@@H](O)CC(=O)O)c1-c1ccc(F)cc1. The van der Waals surface area contributed by atoms with Crippen molar-refractivity contribution in [3.8, 4) is 44.6 Å². The molecule has 0 aliphatic rings. The number of amides is 1. The fourth-order valence-corrected chi connectivity index (χ4v) is 12.8. The molecule has 104 heavy (non-hydrogen) atoms. The predicted octanol–water partition coefficient (Wildman–Crippen LogP) is 15.8. The monoisotopic (exact) mass is 1430 g/mol. The summed E-state index contributed by atoms with van der Waals surface area (Å²) in [7, 11) is 1.61. The Morgan fingerprint density at radius 3 is 1.44 bits per heavy atom. The number of nitrogens with one attached hydrogen (secondary N) is 1. The number of carbonyl (C=O) groups is 4. The average molecular weight is 1430 g/mol. The third-order valence-corrected chi connectivity index (χ3v) is 17.2. The van der Waals surface area contributed by atoms with Gasteiger partial charge in [-0.15, -0.1) is 0 Å². The number of carbonyl (C=O) groups excluding carboxylic acids is 1. The summed E-state index contributed by atoms with van der Waals surface area (Å²) in [5.41, 5.74) is 13.5. The van der Waals surface area contributed by atoms with Crippen LogP contribution in [-0.2, 0) is 32.3 Å². The highest BCUT2D eigenvalue weighted by molar-refractivity contribution is 6.12. The number of para-hydroxylation sites is 2. The maximum absolute atomic E-state index is 14.0. The van der Waals surface area contributed by atoms with Crippen LogP contribution in [0.5, 0.6) is 0 Å². The van der Waals surface area contributed by atoms with E-state index in [1.165, 1.54) is 42.5 Å². The Labute approximate surface area is 604 Å². The van der Waals surface area contributed by atoms with Crippen LogP contribution in [0.25, 0.3) is 67.7 Å². The van der Waals surface area contributed by atoms with Crippen molar-refractivity contribution in [3.63, 3.8) is 0 Å².